The number of hydrogen-bond acceptors (Lipinski definition) is 3. The Morgan fingerprint density at radius 1 is 1.27 bits per heavy atom. The van der Waals surface area contributed by atoms with Crippen LogP contribution in [0.15, 0.2) is 28.7 Å². The van der Waals surface area contributed by atoms with Crippen LogP contribution in [0.4, 0.5) is 0 Å². The van der Waals surface area contributed by atoms with Crippen LogP contribution in [-0.4, -0.2) is 14.2 Å². The first-order chi connectivity index (χ1) is 7.03. The van der Waals surface area contributed by atoms with Gasteiger partial charge in [0.15, 0.2) is 0 Å². The van der Waals surface area contributed by atoms with E-state index in [0.717, 1.165) is 10.9 Å². The van der Waals surface area contributed by atoms with E-state index in [1.54, 1.807) is 24.3 Å². The van der Waals surface area contributed by atoms with Gasteiger partial charge in [0.1, 0.15) is 5.75 Å². The molecule has 0 spiro atoms. The van der Waals surface area contributed by atoms with Gasteiger partial charge in [-0.1, -0.05) is 29.3 Å². The molecule has 1 rings (SSSR count). The summed E-state index contributed by atoms with van der Waals surface area (Å²) < 4.78 is 28.6. The lowest BCUT2D eigenvalue weighted by Crippen LogP contribution is -2.13. The Morgan fingerprint density at radius 2 is 1.87 bits per heavy atom. The van der Waals surface area contributed by atoms with Crippen molar-refractivity contribution in [3.63, 3.8) is 0 Å². The summed E-state index contributed by atoms with van der Waals surface area (Å²) in [5, 5.41) is 0. The molecule has 0 aromatic heterocycles. The smallest absolute Gasteiger partial charge is 0.309 e. The van der Waals surface area contributed by atoms with Gasteiger partial charge in [0.25, 0.3) is 0 Å². The highest BCUT2D eigenvalue weighted by molar-refractivity contribution is 9.10. The first-order valence-corrected chi connectivity index (χ1v) is 7.08. The molecule has 5 heteroatoms. The quantitative estimate of drug-likeness (QED) is 0.784. The summed E-state index contributed by atoms with van der Waals surface area (Å²) >= 11 is 3.26. The van der Waals surface area contributed by atoms with Gasteiger partial charge in [-0.15, -0.1) is 0 Å². The number of benzene rings is 1. The zero-order valence-corrected chi connectivity index (χ0v) is 10.8. The molecule has 0 aliphatic carbocycles. The molecular weight excluding hydrogens is 280 g/mol. The highest BCUT2D eigenvalue weighted by atomic mass is 79.9. The lowest BCUT2D eigenvalue weighted by Gasteiger charge is -2.05. The molecule has 3 nitrogen and oxygen atoms in total. The van der Waals surface area contributed by atoms with Gasteiger partial charge < -0.3 is 4.18 Å². The number of unbranched alkanes of at least 4 members (excludes halogenated alkanes) is 1. The molecule has 0 bridgehead atoms. The molecule has 0 atom stereocenters. The molecule has 0 amide bonds. The first kappa shape index (κ1) is 12.5. The Morgan fingerprint density at radius 3 is 2.40 bits per heavy atom. The van der Waals surface area contributed by atoms with Crippen molar-refractivity contribution in [2.45, 2.75) is 19.8 Å². The Kier molecular flexibility index (Phi) is 4.60. The molecule has 0 saturated carbocycles. The van der Waals surface area contributed by atoms with E-state index < -0.39 is 10.1 Å². The summed E-state index contributed by atoms with van der Waals surface area (Å²) in [6.45, 7) is 1.94. The second-order valence-corrected chi connectivity index (χ2v) is 5.76. The molecule has 0 unspecified atom stereocenters. The second-order valence-electron chi connectivity index (χ2n) is 3.15. The van der Waals surface area contributed by atoms with Gasteiger partial charge in [0, 0.05) is 4.47 Å². The van der Waals surface area contributed by atoms with E-state index in [0.29, 0.717) is 12.2 Å². The fourth-order valence-electron chi connectivity index (χ4n) is 1.000. The van der Waals surface area contributed by atoms with Crippen LogP contribution in [0, 0.1) is 0 Å². The van der Waals surface area contributed by atoms with Gasteiger partial charge in [-0.05, 0) is 30.7 Å². The van der Waals surface area contributed by atoms with E-state index in [9.17, 15) is 8.42 Å². The van der Waals surface area contributed by atoms with Crippen molar-refractivity contribution in [1.82, 2.24) is 0 Å². The Hall–Kier alpha value is -0.550. The van der Waals surface area contributed by atoms with E-state index in [2.05, 4.69) is 15.9 Å². The summed E-state index contributed by atoms with van der Waals surface area (Å²) in [5.41, 5.74) is 0. The fourth-order valence-corrected chi connectivity index (χ4v) is 2.39. The van der Waals surface area contributed by atoms with Crippen LogP contribution in [0.2, 0.25) is 0 Å². The maximum atomic E-state index is 11.4. The minimum absolute atomic E-state index is 0.0690. The average molecular weight is 293 g/mol. The highest BCUT2D eigenvalue weighted by Gasteiger charge is 2.11. The van der Waals surface area contributed by atoms with Crippen LogP contribution in [0.5, 0.6) is 5.75 Å². The van der Waals surface area contributed by atoms with E-state index in [-0.39, 0.29) is 5.75 Å². The average Bonchev–Trinajstić information content (AvgIpc) is 2.18. The molecule has 0 heterocycles. The monoisotopic (exact) mass is 292 g/mol. The highest BCUT2D eigenvalue weighted by Crippen LogP contribution is 2.18. The van der Waals surface area contributed by atoms with Crippen LogP contribution < -0.4 is 4.18 Å². The van der Waals surface area contributed by atoms with Crippen molar-refractivity contribution in [1.29, 1.82) is 0 Å². The minimum atomic E-state index is -3.42. The van der Waals surface area contributed by atoms with Crippen molar-refractivity contribution in [3.8, 4) is 5.75 Å². The van der Waals surface area contributed by atoms with Gasteiger partial charge in [0.05, 0.1) is 5.75 Å². The predicted octanol–water partition coefficient (Wildman–Crippen LogP) is 2.96. The van der Waals surface area contributed by atoms with E-state index in [4.69, 9.17) is 4.18 Å². The molecule has 15 heavy (non-hydrogen) atoms. The summed E-state index contributed by atoms with van der Waals surface area (Å²) in [4.78, 5) is 0. The lowest BCUT2D eigenvalue weighted by molar-refractivity contribution is 0.483. The van der Waals surface area contributed by atoms with Gasteiger partial charge in [-0.2, -0.15) is 8.42 Å². The van der Waals surface area contributed by atoms with Crippen molar-refractivity contribution >= 4 is 26.0 Å². The second kappa shape index (κ2) is 5.51. The zero-order valence-electron chi connectivity index (χ0n) is 8.44. The minimum Gasteiger partial charge on any atom is -0.382 e. The van der Waals surface area contributed by atoms with Gasteiger partial charge in [-0.3, -0.25) is 0 Å². The van der Waals surface area contributed by atoms with Gasteiger partial charge in [0.2, 0.25) is 0 Å². The van der Waals surface area contributed by atoms with Crippen molar-refractivity contribution in [3.05, 3.63) is 28.7 Å². The van der Waals surface area contributed by atoms with Gasteiger partial charge in [-0.25, -0.2) is 0 Å². The SMILES string of the molecule is CCCCS(=O)(=O)Oc1ccc(Br)cc1. The Labute approximate surface area is 98.7 Å². The first-order valence-electron chi connectivity index (χ1n) is 4.71. The lowest BCUT2D eigenvalue weighted by atomic mass is 10.3. The molecule has 1 aromatic rings. The number of halogens is 1. The summed E-state index contributed by atoms with van der Waals surface area (Å²) in [7, 11) is -3.42. The molecule has 1 aromatic carbocycles. The molecule has 0 saturated heterocycles. The standard InChI is InChI=1S/C10H13BrO3S/c1-2-3-8-15(12,13)14-10-6-4-9(11)5-7-10/h4-7H,2-3,8H2,1H3. The fraction of sp³-hybridized carbons (Fsp3) is 0.400. The molecular formula is C10H13BrO3S. The summed E-state index contributed by atoms with van der Waals surface area (Å²) in [6, 6.07) is 6.72. The van der Waals surface area contributed by atoms with Crippen molar-refractivity contribution in [2.24, 2.45) is 0 Å². The van der Waals surface area contributed by atoms with Crippen molar-refractivity contribution < 1.29 is 12.6 Å². The summed E-state index contributed by atoms with van der Waals surface area (Å²) in [6.07, 6.45) is 1.46. The predicted molar refractivity (Wildman–Crippen MR) is 63.5 cm³/mol. The third kappa shape index (κ3) is 4.66. The third-order valence-electron chi connectivity index (χ3n) is 1.78. The maximum absolute atomic E-state index is 11.4. The van der Waals surface area contributed by atoms with Crippen LogP contribution in [0.1, 0.15) is 19.8 Å². The topological polar surface area (TPSA) is 43.4 Å². The van der Waals surface area contributed by atoms with Crippen LogP contribution in [-0.2, 0) is 10.1 Å². The summed E-state index contributed by atoms with van der Waals surface area (Å²) in [5.74, 6) is 0.425. The van der Waals surface area contributed by atoms with Gasteiger partial charge >= 0.3 is 10.1 Å². The third-order valence-corrected chi connectivity index (χ3v) is 3.55. The Balaban J connectivity index is 2.65. The molecule has 0 aliphatic rings. The Bertz CT molecular complexity index is 397. The normalized spacial score (nSPS) is 11.3. The van der Waals surface area contributed by atoms with Crippen molar-refractivity contribution in [2.75, 3.05) is 5.75 Å². The van der Waals surface area contributed by atoms with Crippen LogP contribution in [0.3, 0.4) is 0 Å². The maximum Gasteiger partial charge on any atom is 0.309 e. The van der Waals surface area contributed by atoms with E-state index >= 15 is 0 Å². The molecule has 84 valence electrons. The number of hydrogen-bond donors (Lipinski definition) is 0. The van der Waals surface area contributed by atoms with E-state index in [1.165, 1.54) is 0 Å². The number of rotatable bonds is 5. The zero-order chi connectivity index (χ0) is 11.3. The molecule has 0 N–H and O–H groups in total. The van der Waals surface area contributed by atoms with E-state index in [1.807, 2.05) is 6.92 Å². The van der Waals surface area contributed by atoms with Crippen LogP contribution >= 0.6 is 15.9 Å². The molecule has 0 fully saturated rings. The van der Waals surface area contributed by atoms with Crippen LogP contribution in [0.25, 0.3) is 0 Å². The molecule has 0 aliphatic heterocycles. The largest absolute Gasteiger partial charge is 0.382 e. The molecule has 0 radical (unpaired) electrons.